The van der Waals surface area contributed by atoms with Crippen molar-refractivity contribution in [3.8, 4) is 0 Å². The highest BCUT2D eigenvalue weighted by Gasteiger charge is 2.21. The highest BCUT2D eigenvalue weighted by molar-refractivity contribution is 6.17. The molecular weight excluding hydrogens is 234 g/mol. The summed E-state index contributed by atoms with van der Waals surface area (Å²) < 4.78 is 4.43. The van der Waals surface area contributed by atoms with Crippen LogP contribution in [0.5, 0.6) is 0 Å². The number of nitrogens with zero attached hydrogens (tertiary/aromatic N) is 1. The summed E-state index contributed by atoms with van der Waals surface area (Å²) in [4.78, 5) is 26.5. The number of carbonyl (C=O) groups is 2. The number of anilines is 1. The molecule has 0 aliphatic carbocycles. The third kappa shape index (κ3) is 2.73. The summed E-state index contributed by atoms with van der Waals surface area (Å²) in [6, 6.07) is 9.24. The van der Waals surface area contributed by atoms with E-state index in [-0.39, 0.29) is 11.7 Å². The predicted molar refractivity (Wildman–Crippen MR) is 65.7 cm³/mol. The molecule has 0 atom stereocenters. The van der Waals surface area contributed by atoms with Crippen LogP contribution in [0.25, 0.3) is 0 Å². The molecule has 0 unspecified atom stereocenters. The summed E-state index contributed by atoms with van der Waals surface area (Å²) in [7, 11) is 1.24. The molecule has 1 aliphatic heterocycles. The molecule has 1 aliphatic rings. The van der Waals surface area contributed by atoms with Gasteiger partial charge in [-0.3, -0.25) is 10.1 Å². The monoisotopic (exact) mass is 245 g/mol. The standard InChI is InChI=1S/C12H11N3O3/c1-18-10(16)7-9-11(17)15-12(14-9)13-8-5-3-2-4-6-8/h2-7H,1H3,(H2,13,14,15,17)/b9-7-. The van der Waals surface area contributed by atoms with E-state index in [1.807, 2.05) is 30.3 Å². The van der Waals surface area contributed by atoms with Crippen molar-refractivity contribution >= 4 is 23.5 Å². The third-order valence-electron chi connectivity index (χ3n) is 2.19. The Morgan fingerprint density at radius 3 is 2.78 bits per heavy atom. The van der Waals surface area contributed by atoms with Crippen molar-refractivity contribution in [1.29, 1.82) is 0 Å². The van der Waals surface area contributed by atoms with Gasteiger partial charge in [0.1, 0.15) is 5.70 Å². The topological polar surface area (TPSA) is 79.8 Å². The van der Waals surface area contributed by atoms with E-state index in [0.29, 0.717) is 0 Å². The number of carbonyl (C=O) groups excluding carboxylic acids is 2. The number of hydrogen-bond acceptors (Lipinski definition) is 5. The summed E-state index contributed by atoms with van der Waals surface area (Å²) >= 11 is 0. The highest BCUT2D eigenvalue weighted by atomic mass is 16.5. The van der Waals surface area contributed by atoms with Crippen molar-refractivity contribution < 1.29 is 14.3 Å². The van der Waals surface area contributed by atoms with Crippen LogP contribution >= 0.6 is 0 Å². The summed E-state index contributed by atoms with van der Waals surface area (Å²) in [6.07, 6.45) is 1.04. The number of esters is 1. The highest BCUT2D eigenvalue weighted by Crippen LogP contribution is 2.09. The summed E-state index contributed by atoms with van der Waals surface area (Å²) in [5, 5.41) is 5.42. The van der Waals surface area contributed by atoms with Crippen molar-refractivity contribution in [2.24, 2.45) is 4.99 Å². The smallest absolute Gasteiger partial charge is 0.332 e. The zero-order valence-electron chi connectivity index (χ0n) is 9.64. The maximum atomic E-state index is 11.5. The molecule has 2 N–H and O–H groups in total. The lowest BCUT2D eigenvalue weighted by molar-refractivity contribution is -0.135. The SMILES string of the molecule is COC(=O)/C=C1\N=C(Nc2ccccc2)NC1=O. The first-order valence-electron chi connectivity index (χ1n) is 5.21. The van der Waals surface area contributed by atoms with Crippen LogP contribution in [0.15, 0.2) is 47.1 Å². The Morgan fingerprint density at radius 2 is 2.11 bits per heavy atom. The van der Waals surface area contributed by atoms with Gasteiger partial charge in [0.2, 0.25) is 5.96 Å². The molecule has 6 nitrogen and oxygen atoms in total. The van der Waals surface area contributed by atoms with Gasteiger partial charge in [0, 0.05) is 5.69 Å². The molecule has 0 spiro atoms. The minimum absolute atomic E-state index is 0.0141. The molecule has 2 rings (SSSR count). The van der Waals surface area contributed by atoms with Gasteiger partial charge >= 0.3 is 5.97 Å². The predicted octanol–water partition coefficient (Wildman–Crippen LogP) is 0.641. The lowest BCUT2D eigenvalue weighted by atomic mass is 10.3. The lowest BCUT2D eigenvalue weighted by Gasteiger charge is -2.03. The van der Waals surface area contributed by atoms with E-state index in [1.165, 1.54) is 7.11 Å². The van der Waals surface area contributed by atoms with Crippen LogP contribution in [0, 0.1) is 0 Å². The second-order valence-electron chi connectivity index (χ2n) is 3.46. The van der Waals surface area contributed by atoms with Gasteiger partial charge in [-0.1, -0.05) is 18.2 Å². The van der Waals surface area contributed by atoms with Crippen molar-refractivity contribution in [1.82, 2.24) is 5.32 Å². The quantitative estimate of drug-likeness (QED) is 0.592. The second kappa shape index (κ2) is 5.13. The fraction of sp³-hybridized carbons (Fsp3) is 0.0833. The number of amides is 1. The zero-order valence-corrected chi connectivity index (χ0v) is 9.64. The Labute approximate surface area is 103 Å². The fourth-order valence-electron chi connectivity index (χ4n) is 1.36. The largest absolute Gasteiger partial charge is 0.466 e. The van der Waals surface area contributed by atoms with E-state index in [0.717, 1.165) is 11.8 Å². The Balaban J connectivity index is 2.12. The first kappa shape index (κ1) is 11.8. The van der Waals surface area contributed by atoms with Gasteiger partial charge in [0.25, 0.3) is 5.91 Å². The van der Waals surface area contributed by atoms with Crippen LogP contribution in [-0.4, -0.2) is 24.9 Å². The van der Waals surface area contributed by atoms with Gasteiger partial charge in [-0.2, -0.15) is 0 Å². The molecule has 0 saturated heterocycles. The van der Waals surface area contributed by atoms with Crippen molar-refractivity contribution in [2.75, 3.05) is 12.4 Å². The number of nitrogens with one attached hydrogen (secondary N) is 2. The number of guanidine groups is 1. The molecule has 1 amide bonds. The van der Waals surface area contributed by atoms with Crippen molar-refractivity contribution in [3.63, 3.8) is 0 Å². The van der Waals surface area contributed by atoms with Gasteiger partial charge in [-0.05, 0) is 12.1 Å². The van der Waals surface area contributed by atoms with E-state index >= 15 is 0 Å². The normalized spacial score (nSPS) is 16.2. The molecule has 92 valence electrons. The number of para-hydroxylation sites is 1. The van der Waals surface area contributed by atoms with Crippen LogP contribution in [0.3, 0.4) is 0 Å². The molecule has 18 heavy (non-hydrogen) atoms. The minimum Gasteiger partial charge on any atom is -0.466 e. The number of ether oxygens (including phenoxy) is 1. The fourth-order valence-corrected chi connectivity index (χ4v) is 1.36. The molecule has 1 aromatic carbocycles. The molecule has 0 radical (unpaired) electrons. The Bertz CT molecular complexity index is 535. The molecule has 0 bridgehead atoms. The van der Waals surface area contributed by atoms with Crippen LogP contribution in [0.1, 0.15) is 0 Å². The Kier molecular flexibility index (Phi) is 3.38. The van der Waals surface area contributed by atoms with Crippen LogP contribution in [0.2, 0.25) is 0 Å². The first-order chi connectivity index (χ1) is 8.69. The maximum absolute atomic E-state index is 11.5. The van der Waals surface area contributed by atoms with Crippen molar-refractivity contribution in [3.05, 3.63) is 42.1 Å². The van der Waals surface area contributed by atoms with Gasteiger partial charge in [-0.25, -0.2) is 9.79 Å². The van der Waals surface area contributed by atoms with E-state index in [4.69, 9.17) is 0 Å². The molecule has 1 heterocycles. The van der Waals surface area contributed by atoms with Gasteiger partial charge < -0.3 is 10.1 Å². The number of hydrogen-bond donors (Lipinski definition) is 2. The lowest BCUT2D eigenvalue weighted by Crippen LogP contribution is -2.30. The summed E-state index contributed by atoms with van der Waals surface area (Å²) in [6.45, 7) is 0. The van der Waals surface area contributed by atoms with Crippen LogP contribution < -0.4 is 10.6 Å². The minimum atomic E-state index is -0.620. The number of aliphatic imine (C=N–C) groups is 1. The molecule has 0 saturated carbocycles. The van der Waals surface area contributed by atoms with Crippen LogP contribution in [-0.2, 0) is 14.3 Å². The van der Waals surface area contributed by atoms with Crippen LogP contribution in [0.4, 0.5) is 5.69 Å². The molecule has 1 aromatic rings. The van der Waals surface area contributed by atoms with Gasteiger partial charge in [0.15, 0.2) is 0 Å². The third-order valence-corrected chi connectivity index (χ3v) is 2.19. The average Bonchev–Trinajstić information content (AvgIpc) is 2.70. The molecule has 0 aromatic heterocycles. The van der Waals surface area contributed by atoms with Crippen molar-refractivity contribution in [2.45, 2.75) is 0 Å². The maximum Gasteiger partial charge on any atom is 0.332 e. The average molecular weight is 245 g/mol. The number of methoxy groups -OCH3 is 1. The number of benzene rings is 1. The van der Waals surface area contributed by atoms with E-state index < -0.39 is 11.9 Å². The zero-order chi connectivity index (χ0) is 13.0. The van der Waals surface area contributed by atoms with E-state index in [9.17, 15) is 9.59 Å². The molecule has 0 fully saturated rings. The first-order valence-corrected chi connectivity index (χ1v) is 5.21. The molecular formula is C12H11N3O3. The second-order valence-corrected chi connectivity index (χ2v) is 3.46. The van der Waals surface area contributed by atoms with Gasteiger partial charge in [-0.15, -0.1) is 0 Å². The molecule has 6 heteroatoms. The Hall–Kier alpha value is -2.63. The Morgan fingerprint density at radius 1 is 1.39 bits per heavy atom. The summed E-state index contributed by atoms with van der Waals surface area (Å²) in [5.74, 6) is -0.787. The summed E-state index contributed by atoms with van der Waals surface area (Å²) in [5.41, 5.74) is 0.802. The number of rotatable bonds is 2. The van der Waals surface area contributed by atoms with Gasteiger partial charge in [0.05, 0.1) is 13.2 Å². The van der Waals surface area contributed by atoms with E-state index in [1.54, 1.807) is 0 Å². The van der Waals surface area contributed by atoms with E-state index in [2.05, 4.69) is 20.4 Å².